The van der Waals surface area contributed by atoms with Crippen LogP contribution < -0.4 is 5.30 Å². The van der Waals surface area contributed by atoms with Gasteiger partial charge in [0.2, 0.25) is 0 Å². The standard InChI is InChI=1S/C28H44NOPS/c1-20-17-21(2)19-22(18-20)25(29(12)32(30)28(9,10)11)23-15-13-14-16-24(23)31(26(3,4)5)27(6,7)8/h13-19,25H,1-12H3/t25-,32?/m0/s1. The van der Waals surface area contributed by atoms with Gasteiger partial charge < -0.3 is 0 Å². The maximum absolute atomic E-state index is 13.6. The second-order valence-corrected chi connectivity index (χ2v) is 18.1. The highest BCUT2D eigenvalue weighted by molar-refractivity contribution is 7.84. The second kappa shape index (κ2) is 9.69. The van der Waals surface area contributed by atoms with Crippen molar-refractivity contribution in [2.75, 3.05) is 7.05 Å². The molecule has 0 amide bonds. The molecule has 2 atom stereocenters. The molecule has 0 radical (unpaired) electrons. The van der Waals surface area contributed by atoms with Gasteiger partial charge in [0.1, 0.15) is 11.0 Å². The molecule has 0 heterocycles. The average molecular weight is 474 g/mol. The molecule has 0 N–H and O–H groups in total. The van der Waals surface area contributed by atoms with Crippen molar-refractivity contribution in [2.24, 2.45) is 0 Å². The van der Waals surface area contributed by atoms with Gasteiger partial charge >= 0.3 is 0 Å². The van der Waals surface area contributed by atoms with E-state index in [9.17, 15) is 4.21 Å². The van der Waals surface area contributed by atoms with E-state index < -0.39 is 18.9 Å². The zero-order valence-electron chi connectivity index (χ0n) is 22.3. The van der Waals surface area contributed by atoms with E-state index in [1.807, 2.05) is 7.05 Å². The first kappa shape index (κ1) is 27.2. The van der Waals surface area contributed by atoms with Crippen LogP contribution in [0.15, 0.2) is 42.5 Å². The molecule has 1 unspecified atom stereocenters. The molecule has 0 aliphatic rings. The molecule has 0 saturated carbocycles. The van der Waals surface area contributed by atoms with Crippen LogP contribution in [0.2, 0.25) is 0 Å². The van der Waals surface area contributed by atoms with Gasteiger partial charge in [0.05, 0.1) is 10.8 Å². The van der Waals surface area contributed by atoms with Crippen molar-refractivity contribution in [3.63, 3.8) is 0 Å². The largest absolute Gasteiger partial charge is 0.242 e. The van der Waals surface area contributed by atoms with Crippen LogP contribution >= 0.6 is 7.92 Å². The highest BCUT2D eigenvalue weighted by atomic mass is 32.2. The van der Waals surface area contributed by atoms with Crippen LogP contribution in [0.4, 0.5) is 0 Å². The number of rotatable bonds is 5. The Kier molecular flexibility index (Phi) is 8.24. The van der Waals surface area contributed by atoms with Gasteiger partial charge in [0, 0.05) is 7.05 Å². The fraction of sp³-hybridized carbons (Fsp3) is 0.571. The predicted molar refractivity (Wildman–Crippen MR) is 146 cm³/mol. The van der Waals surface area contributed by atoms with Crippen molar-refractivity contribution in [1.29, 1.82) is 0 Å². The first-order valence-electron chi connectivity index (χ1n) is 11.6. The van der Waals surface area contributed by atoms with E-state index >= 15 is 0 Å². The predicted octanol–water partition coefficient (Wildman–Crippen LogP) is 7.49. The van der Waals surface area contributed by atoms with Gasteiger partial charge in [0.25, 0.3) is 0 Å². The summed E-state index contributed by atoms with van der Waals surface area (Å²) in [4.78, 5) is 0. The van der Waals surface area contributed by atoms with E-state index in [1.54, 1.807) is 0 Å². The molecule has 0 aliphatic carbocycles. The van der Waals surface area contributed by atoms with Crippen LogP contribution in [0, 0.1) is 13.8 Å². The summed E-state index contributed by atoms with van der Waals surface area (Å²) in [5.41, 5.74) is 4.99. The molecule has 0 fully saturated rings. The Morgan fingerprint density at radius 1 is 0.812 bits per heavy atom. The molecule has 2 nitrogen and oxygen atoms in total. The average Bonchev–Trinajstić information content (AvgIpc) is 2.58. The van der Waals surface area contributed by atoms with E-state index in [2.05, 4.69) is 123 Å². The number of hydrogen-bond donors (Lipinski definition) is 0. The SMILES string of the molecule is Cc1cc(C)cc([C@@H](c2ccccc2P(C(C)(C)C)C(C)(C)C)N(C)S(=O)C(C)(C)C)c1. The molecule has 2 aromatic rings. The van der Waals surface area contributed by atoms with Crippen LogP contribution in [0.25, 0.3) is 0 Å². The van der Waals surface area contributed by atoms with Gasteiger partial charge in [-0.05, 0) is 61.4 Å². The Morgan fingerprint density at radius 2 is 1.28 bits per heavy atom. The van der Waals surface area contributed by atoms with Crippen LogP contribution in [0.5, 0.6) is 0 Å². The molecule has 0 aromatic heterocycles. The summed E-state index contributed by atoms with van der Waals surface area (Å²) in [6, 6.07) is 15.6. The molecule has 0 bridgehead atoms. The lowest BCUT2D eigenvalue weighted by Gasteiger charge is -2.44. The van der Waals surface area contributed by atoms with Crippen LogP contribution in [0.1, 0.15) is 90.6 Å². The maximum Gasteiger partial charge on any atom is 0.100 e. The summed E-state index contributed by atoms with van der Waals surface area (Å²) in [7, 11) is 0.381. The van der Waals surface area contributed by atoms with Crippen LogP contribution in [0.3, 0.4) is 0 Å². The second-order valence-electron chi connectivity index (χ2n) is 12.0. The Bertz CT molecular complexity index is 928. The minimum Gasteiger partial charge on any atom is -0.242 e. The van der Waals surface area contributed by atoms with Crippen molar-refractivity contribution in [3.8, 4) is 0 Å². The lowest BCUT2D eigenvalue weighted by Crippen LogP contribution is -2.40. The van der Waals surface area contributed by atoms with Gasteiger partial charge in [-0.15, -0.1) is 0 Å². The third-order valence-corrected chi connectivity index (χ3v) is 10.9. The quantitative estimate of drug-likeness (QED) is 0.412. The molecule has 2 aromatic carbocycles. The molecule has 0 spiro atoms. The molecule has 0 saturated heterocycles. The van der Waals surface area contributed by atoms with E-state index in [-0.39, 0.29) is 21.1 Å². The van der Waals surface area contributed by atoms with Crippen LogP contribution in [-0.4, -0.2) is 30.6 Å². The van der Waals surface area contributed by atoms with Crippen molar-refractivity contribution in [2.45, 2.75) is 97.3 Å². The van der Waals surface area contributed by atoms with Gasteiger partial charge in [-0.1, -0.05) is 103 Å². The lowest BCUT2D eigenvalue weighted by atomic mass is 9.95. The fourth-order valence-corrected chi connectivity index (χ4v) is 10.4. The number of benzene rings is 2. The summed E-state index contributed by atoms with van der Waals surface area (Å²) in [5, 5.41) is 1.72. The van der Waals surface area contributed by atoms with Crippen molar-refractivity contribution in [3.05, 3.63) is 64.7 Å². The van der Waals surface area contributed by atoms with Crippen molar-refractivity contribution < 1.29 is 4.21 Å². The Balaban J connectivity index is 2.85. The summed E-state index contributed by atoms with van der Waals surface area (Å²) in [6.45, 7) is 24.7. The van der Waals surface area contributed by atoms with E-state index in [0.717, 1.165) is 0 Å². The van der Waals surface area contributed by atoms with E-state index in [0.29, 0.717) is 0 Å². The van der Waals surface area contributed by atoms with Gasteiger partial charge in [-0.2, -0.15) is 0 Å². The molecule has 0 aliphatic heterocycles. The normalized spacial score (nSPS) is 15.3. The lowest BCUT2D eigenvalue weighted by molar-refractivity contribution is 0.441. The zero-order chi connectivity index (χ0) is 24.6. The minimum absolute atomic E-state index is 0.0699. The first-order valence-corrected chi connectivity index (χ1v) is 14.0. The molecule has 4 heteroatoms. The number of aryl methyl sites for hydroxylation is 2. The maximum atomic E-state index is 13.6. The zero-order valence-corrected chi connectivity index (χ0v) is 24.0. The minimum atomic E-state index is -1.15. The third-order valence-electron chi connectivity index (χ3n) is 5.52. The Labute approximate surface area is 201 Å². The summed E-state index contributed by atoms with van der Waals surface area (Å²) < 4.78 is 15.4. The smallest absolute Gasteiger partial charge is 0.100 e. The van der Waals surface area contributed by atoms with Crippen molar-refractivity contribution in [1.82, 2.24) is 4.31 Å². The molecule has 178 valence electrons. The molecule has 32 heavy (non-hydrogen) atoms. The van der Waals surface area contributed by atoms with E-state index in [4.69, 9.17) is 0 Å². The van der Waals surface area contributed by atoms with Crippen LogP contribution in [-0.2, 0) is 11.0 Å². The fourth-order valence-electron chi connectivity index (χ4n) is 4.93. The molecule has 2 rings (SSSR count). The monoisotopic (exact) mass is 473 g/mol. The molecular weight excluding hydrogens is 429 g/mol. The van der Waals surface area contributed by atoms with Gasteiger partial charge in [-0.3, -0.25) is 0 Å². The first-order chi connectivity index (χ1) is 14.4. The Morgan fingerprint density at radius 3 is 1.72 bits per heavy atom. The topological polar surface area (TPSA) is 20.3 Å². The summed E-state index contributed by atoms with van der Waals surface area (Å²) in [6.07, 6.45) is 0. The van der Waals surface area contributed by atoms with Gasteiger partial charge in [-0.25, -0.2) is 8.51 Å². The van der Waals surface area contributed by atoms with Crippen molar-refractivity contribution >= 4 is 24.2 Å². The number of nitrogens with zero attached hydrogens (tertiary/aromatic N) is 1. The third kappa shape index (κ3) is 6.31. The summed E-state index contributed by atoms with van der Waals surface area (Å²) >= 11 is 0. The Hall–Kier alpha value is -1.02. The highest BCUT2D eigenvalue weighted by Crippen LogP contribution is 2.59. The van der Waals surface area contributed by atoms with Gasteiger partial charge in [0.15, 0.2) is 0 Å². The molecular formula is C28H44NOPS. The van der Waals surface area contributed by atoms with E-state index in [1.165, 1.54) is 27.6 Å². The highest BCUT2D eigenvalue weighted by Gasteiger charge is 2.39. The summed E-state index contributed by atoms with van der Waals surface area (Å²) in [5.74, 6) is 0. The number of hydrogen-bond acceptors (Lipinski definition) is 1.